The van der Waals surface area contributed by atoms with Gasteiger partial charge in [-0.1, -0.05) is 23.7 Å². The summed E-state index contributed by atoms with van der Waals surface area (Å²) in [4.78, 5) is 33.7. The van der Waals surface area contributed by atoms with E-state index >= 15 is 0 Å². The van der Waals surface area contributed by atoms with Crippen molar-refractivity contribution in [2.75, 3.05) is 11.9 Å². The molecule has 12 heteroatoms. The van der Waals surface area contributed by atoms with Crippen LogP contribution >= 0.6 is 11.6 Å². The number of benzene rings is 2. The predicted octanol–water partition coefficient (Wildman–Crippen LogP) is 4.18. The summed E-state index contributed by atoms with van der Waals surface area (Å²) in [7, 11) is 1.49. The van der Waals surface area contributed by atoms with Crippen molar-refractivity contribution in [1.29, 1.82) is 0 Å². The number of carbonyl (C=O) groups is 1. The molecule has 11 nitrogen and oxygen atoms in total. The minimum Gasteiger partial charge on any atom is -0.465 e. The molecule has 0 unspecified atom stereocenters. The van der Waals surface area contributed by atoms with Crippen LogP contribution in [0.4, 0.5) is 10.5 Å². The van der Waals surface area contributed by atoms with E-state index in [0.717, 1.165) is 45.1 Å². The number of pyridine rings is 1. The molecule has 1 aliphatic heterocycles. The summed E-state index contributed by atoms with van der Waals surface area (Å²) in [5.74, 6) is 0.692. The monoisotopic (exact) mass is 528 g/mol. The van der Waals surface area contributed by atoms with E-state index in [1.165, 1.54) is 18.1 Å². The fourth-order valence-corrected chi connectivity index (χ4v) is 5.02. The van der Waals surface area contributed by atoms with Gasteiger partial charge >= 0.3 is 6.09 Å². The van der Waals surface area contributed by atoms with Crippen molar-refractivity contribution in [2.45, 2.75) is 18.9 Å². The number of aromatic nitrogens is 7. The van der Waals surface area contributed by atoms with E-state index in [-0.39, 0.29) is 11.6 Å². The lowest BCUT2D eigenvalue weighted by molar-refractivity contribution is 0.203. The Balaban J connectivity index is 1.32. The van der Waals surface area contributed by atoms with E-state index in [0.29, 0.717) is 23.0 Å². The number of H-pyrrole nitrogens is 1. The number of nitrogens with zero attached hydrogens (tertiary/aromatic N) is 7. The third-order valence-corrected chi connectivity index (χ3v) is 7.00. The van der Waals surface area contributed by atoms with Gasteiger partial charge in [-0.05, 0) is 70.8 Å². The Kier molecular flexibility index (Phi) is 5.76. The lowest BCUT2D eigenvalue weighted by atomic mass is 10.0. The third-order valence-electron chi connectivity index (χ3n) is 6.76. The molecule has 1 amide bonds. The molecule has 5 aromatic rings. The van der Waals surface area contributed by atoms with Crippen LogP contribution in [0.25, 0.3) is 28.1 Å². The molecule has 6 rings (SSSR count). The molecule has 0 spiro atoms. The number of halogens is 1. The van der Waals surface area contributed by atoms with Gasteiger partial charge in [-0.3, -0.25) is 9.69 Å². The lowest BCUT2D eigenvalue weighted by Crippen LogP contribution is -2.24. The average Bonchev–Trinajstić information content (AvgIpc) is 3.69. The van der Waals surface area contributed by atoms with Gasteiger partial charge < -0.3 is 14.7 Å². The summed E-state index contributed by atoms with van der Waals surface area (Å²) in [5, 5.41) is 21.1. The van der Waals surface area contributed by atoms with E-state index in [9.17, 15) is 9.59 Å². The van der Waals surface area contributed by atoms with Gasteiger partial charge in [0.25, 0.3) is 5.56 Å². The van der Waals surface area contributed by atoms with E-state index in [2.05, 4.69) is 25.5 Å². The molecule has 0 bridgehead atoms. The van der Waals surface area contributed by atoms with Crippen molar-refractivity contribution in [2.24, 2.45) is 0 Å². The van der Waals surface area contributed by atoms with Gasteiger partial charge in [0.1, 0.15) is 12.2 Å². The highest BCUT2D eigenvalue weighted by Gasteiger charge is 2.28. The molecule has 190 valence electrons. The largest absolute Gasteiger partial charge is 0.465 e. The summed E-state index contributed by atoms with van der Waals surface area (Å²) in [6.45, 7) is 0. The van der Waals surface area contributed by atoms with Crippen LogP contribution in [-0.4, -0.2) is 53.0 Å². The normalized spacial score (nSPS) is 14.4. The first-order valence-electron chi connectivity index (χ1n) is 11.8. The number of imidazole rings is 1. The van der Waals surface area contributed by atoms with Gasteiger partial charge in [0.05, 0.1) is 23.6 Å². The van der Waals surface area contributed by atoms with E-state index in [1.807, 2.05) is 24.3 Å². The minimum atomic E-state index is -1.03. The second kappa shape index (κ2) is 9.27. The van der Waals surface area contributed by atoms with E-state index in [4.69, 9.17) is 16.7 Å². The standard InChI is InChI=1S/C26H21ClN8O3/c1-33(26(37)38)18-5-2-15(3-6-18)21-13-28-25(30-21)23-9-7-19-10-16(11-24(36)35(19)23)20-12-17(27)4-8-22(20)34-14-29-31-32-34/h2-6,8,10-14,23H,7,9H2,1H3,(H,28,30)(H,37,38)/t23-/m1/s1. The molecule has 1 atom stereocenters. The number of rotatable bonds is 5. The number of hydrogen-bond donors (Lipinski definition) is 2. The first-order chi connectivity index (χ1) is 18.4. The first-order valence-corrected chi connectivity index (χ1v) is 12.2. The molecular formula is C26H21ClN8O3. The van der Waals surface area contributed by atoms with Crippen molar-refractivity contribution in [3.05, 3.63) is 94.0 Å². The van der Waals surface area contributed by atoms with Crippen LogP contribution in [-0.2, 0) is 6.42 Å². The molecule has 2 aromatic carbocycles. The molecule has 0 fully saturated rings. The van der Waals surface area contributed by atoms with Gasteiger partial charge in [0.15, 0.2) is 0 Å². The number of amides is 1. The Labute approximate surface area is 221 Å². The summed E-state index contributed by atoms with van der Waals surface area (Å²) >= 11 is 6.29. The van der Waals surface area contributed by atoms with Crippen molar-refractivity contribution in [3.63, 3.8) is 0 Å². The zero-order valence-electron chi connectivity index (χ0n) is 20.1. The predicted molar refractivity (Wildman–Crippen MR) is 141 cm³/mol. The van der Waals surface area contributed by atoms with Crippen molar-refractivity contribution in [1.82, 2.24) is 34.7 Å². The number of fused-ring (bicyclic) bond motifs is 1. The first kappa shape index (κ1) is 23.6. The van der Waals surface area contributed by atoms with Crippen LogP contribution in [0.5, 0.6) is 0 Å². The number of anilines is 1. The van der Waals surface area contributed by atoms with Crippen molar-refractivity contribution >= 4 is 23.4 Å². The van der Waals surface area contributed by atoms with Crippen LogP contribution in [0.1, 0.15) is 24.0 Å². The van der Waals surface area contributed by atoms with Crippen LogP contribution in [0, 0.1) is 0 Å². The molecule has 0 saturated heterocycles. The minimum absolute atomic E-state index is 0.137. The molecule has 0 saturated carbocycles. The highest BCUT2D eigenvalue weighted by molar-refractivity contribution is 6.31. The Hall–Kier alpha value is -4.77. The van der Waals surface area contributed by atoms with Crippen molar-refractivity contribution in [3.8, 4) is 28.1 Å². The molecule has 0 radical (unpaired) electrons. The fourth-order valence-electron chi connectivity index (χ4n) is 4.85. The maximum Gasteiger partial charge on any atom is 0.411 e. The summed E-state index contributed by atoms with van der Waals surface area (Å²) in [5.41, 5.74) is 5.19. The topological polar surface area (TPSA) is 135 Å². The van der Waals surface area contributed by atoms with E-state index < -0.39 is 6.09 Å². The second-order valence-corrected chi connectivity index (χ2v) is 9.42. The van der Waals surface area contributed by atoms with Gasteiger partial charge in [-0.25, -0.2) is 9.78 Å². The summed E-state index contributed by atoms with van der Waals surface area (Å²) in [6.07, 6.45) is 3.63. The van der Waals surface area contributed by atoms with Gasteiger partial charge in [0, 0.05) is 35.1 Å². The number of hydrogen-bond acceptors (Lipinski definition) is 6. The Morgan fingerprint density at radius 3 is 2.68 bits per heavy atom. The smallest absolute Gasteiger partial charge is 0.411 e. The highest BCUT2D eigenvalue weighted by atomic mass is 35.5. The van der Waals surface area contributed by atoms with E-state index in [1.54, 1.807) is 41.1 Å². The fraction of sp³-hybridized carbons (Fsp3) is 0.154. The number of carboxylic acid groups (broad SMARTS) is 1. The van der Waals surface area contributed by atoms with Crippen molar-refractivity contribution < 1.29 is 9.90 Å². The Bertz CT molecular complexity index is 1710. The Morgan fingerprint density at radius 2 is 1.95 bits per heavy atom. The molecule has 0 aliphatic carbocycles. The number of aryl methyl sites for hydroxylation is 1. The zero-order valence-corrected chi connectivity index (χ0v) is 20.9. The average molecular weight is 529 g/mol. The van der Waals surface area contributed by atoms with Crippen LogP contribution in [0.15, 0.2) is 71.9 Å². The van der Waals surface area contributed by atoms with Gasteiger partial charge in [0.2, 0.25) is 0 Å². The number of aromatic amines is 1. The molecule has 3 aromatic heterocycles. The van der Waals surface area contributed by atoms with Gasteiger partial charge in [-0.2, -0.15) is 4.68 Å². The quantitative estimate of drug-likeness (QED) is 0.349. The molecule has 2 N–H and O–H groups in total. The second-order valence-electron chi connectivity index (χ2n) is 8.98. The third kappa shape index (κ3) is 4.12. The SMILES string of the molecule is CN(C(=O)O)c1ccc(-c2cnc([C@H]3CCc4cc(-c5cc(Cl)ccc5-n5cnnn5)cc(=O)n43)[nH]2)cc1. The maximum absolute atomic E-state index is 13.4. The molecule has 4 heterocycles. The number of nitrogens with one attached hydrogen (secondary N) is 1. The zero-order chi connectivity index (χ0) is 26.4. The summed E-state index contributed by atoms with van der Waals surface area (Å²) in [6, 6.07) is 15.9. The van der Waals surface area contributed by atoms with Gasteiger partial charge in [-0.15, -0.1) is 5.10 Å². The molecule has 38 heavy (non-hydrogen) atoms. The molecular weight excluding hydrogens is 508 g/mol. The van der Waals surface area contributed by atoms with Crippen LogP contribution in [0.2, 0.25) is 5.02 Å². The van der Waals surface area contributed by atoms with Crippen LogP contribution in [0.3, 0.4) is 0 Å². The number of tetrazole rings is 1. The highest BCUT2D eigenvalue weighted by Crippen LogP contribution is 2.34. The van der Waals surface area contributed by atoms with Crippen LogP contribution < -0.4 is 10.5 Å². The lowest BCUT2D eigenvalue weighted by Gasteiger charge is -2.15. The Morgan fingerprint density at radius 1 is 1.13 bits per heavy atom. The maximum atomic E-state index is 13.4. The summed E-state index contributed by atoms with van der Waals surface area (Å²) < 4.78 is 3.31. The molecule has 1 aliphatic rings.